The highest BCUT2D eigenvalue weighted by Gasteiger charge is 2.33. The molecular formula is C12H18F3N3O. The normalized spacial score (nSPS) is 11.6. The van der Waals surface area contributed by atoms with Gasteiger partial charge in [-0.05, 0) is 12.5 Å². The van der Waals surface area contributed by atoms with Crippen LogP contribution in [0.1, 0.15) is 30.3 Å². The van der Waals surface area contributed by atoms with Crippen molar-refractivity contribution in [3.8, 4) is 0 Å². The predicted octanol–water partition coefficient (Wildman–Crippen LogP) is 2.41. The number of unbranched alkanes of at least 4 members (excludes halogenated alkanes) is 1. The van der Waals surface area contributed by atoms with Gasteiger partial charge in [0.2, 0.25) is 0 Å². The van der Waals surface area contributed by atoms with Crippen molar-refractivity contribution in [3.05, 3.63) is 18.0 Å². The number of amides is 1. The number of carbonyl (C=O) groups is 1. The molecule has 1 amide bonds. The Kier molecular flexibility index (Phi) is 4.85. The van der Waals surface area contributed by atoms with Crippen molar-refractivity contribution in [1.82, 2.24) is 9.47 Å². The number of nitrogen functional groups attached to an aromatic ring is 1. The van der Waals surface area contributed by atoms with E-state index in [9.17, 15) is 18.0 Å². The van der Waals surface area contributed by atoms with Gasteiger partial charge in [-0.15, -0.1) is 0 Å². The van der Waals surface area contributed by atoms with Gasteiger partial charge >= 0.3 is 6.18 Å². The quantitative estimate of drug-likeness (QED) is 0.898. The van der Waals surface area contributed by atoms with E-state index in [0.717, 1.165) is 11.3 Å². The van der Waals surface area contributed by atoms with Gasteiger partial charge in [-0.2, -0.15) is 13.2 Å². The molecule has 0 fully saturated rings. The highest BCUT2D eigenvalue weighted by molar-refractivity contribution is 5.93. The monoisotopic (exact) mass is 277 g/mol. The molecule has 0 aliphatic carbocycles. The van der Waals surface area contributed by atoms with E-state index in [1.807, 2.05) is 6.92 Å². The zero-order valence-electron chi connectivity index (χ0n) is 11.0. The summed E-state index contributed by atoms with van der Waals surface area (Å²) in [6, 6.07) is 1.39. The Hall–Kier alpha value is -1.66. The predicted molar refractivity (Wildman–Crippen MR) is 66.7 cm³/mol. The van der Waals surface area contributed by atoms with Crippen LogP contribution in [-0.4, -0.2) is 34.6 Å². The number of carbonyl (C=O) groups excluding carboxylic acids is 1. The fraction of sp³-hybridized carbons (Fsp3) is 0.583. The first-order valence-electron chi connectivity index (χ1n) is 6.02. The standard InChI is InChI=1S/C12H18F3N3O/c1-3-4-5-18(8-12(13,14)15)11(19)10-6-9(16)7-17(10)2/h6-7H,3-5,8,16H2,1-2H3. The minimum Gasteiger partial charge on any atom is -0.397 e. The molecule has 0 aliphatic rings. The molecule has 0 radical (unpaired) electrons. The molecule has 0 aliphatic heterocycles. The lowest BCUT2D eigenvalue weighted by atomic mass is 10.2. The second-order valence-electron chi connectivity index (χ2n) is 4.47. The van der Waals surface area contributed by atoms with E-state index in [-0.39, 0.29) is 12.2 Å². The molecule has 1 rings (SSSR count). The average molecular weight is 277 g/mol. The van der Waals surface area contributed by atoms with Gasteiger partial charge in [0.05, 0.1) is 5.69 Å². The number of hydrogen-bond donors (Lipinski definition) is 1. The van der Waals surface area contributed by atoms with E-state index in [1.54, 1.807) is 7.05 Å². The van der Waals surface area contributed by atoms with Crippen molar-refractivity contribution in [2.45, 2.75) is 25.9 Å². The van der Waals surface area contributed by atoms with Gasteiger partial charge in [-0.3, -0.25) is 4.79 Å². The minimum atomic E-state index is -4.40. The van der Waals surface area contributed by atoms with E-state index in [0.29, 0.717) is 12.1 Å². The van der Waals surface area contributed by atoms with Gasteiger partial charge in [0.15, 0.2) is 0 Å². The Balaban J connectivity index is 2.90. The highest BCUT2D eigenvalue weighted by atomic mass is 19.4. The van der Waals surface area contributed by atoms with Gasteiger partial charge in [-0.1, -0.05) is 13.3 Å². The molecule has 7 heteroatoms. The molecule has 0 saturated heterocycles. The largest absolute Gasteiger partial charge is 0.406 e. The summed E-state index contributed by atoms with van der Waals surface area (Å²) >= 11 is 0. The Morgan fingerprint density at radius 1 is 1.47 bits per heavy atom. The average Bonchev–Trinajstić information content (AvgIpc) is 2.61. The summed E-state index contributed by atoms with van der Waals surface area (Å²) < 4.78 is 38.9. The van der Waals surface area contributed by atoms with Gasteiger partial charge in [-0.25, -0.2) is 0 Å². The van der Waals surface area contributed by atoms with Crippen molar-refractivity contribution < 1.29 is 18.0 Å². The Morgan fingerprint density at radius 3 is 2.53 bits per heavy atom. The first-order chi connectivity index (χ1) is 8.74. The molecule has 1 aromatic rings. The second-order valence-corrected chi connectivity index (χ2v) is 4.47. The van der Waals surface area contributed by atoms with E-state index in [1.165, 1.54) is 16.8 Å². The van der Waals surface area contributed by atoms with Gasteiger partial charge < -0.3 is 15.2 Å². The van der Waals surface area contributed by atoms with Gasteiger partial charge in [0.1, 0.15) is 12.2 Å². The molecule has 2 N–H and O–H groups in total. The minimum absolute atomic E-state index is 0.0833. The van der Waals surface area contributed by atoms with Crippen LogP contribution in [0.15, 0.2) is 12.3 Å². The topological polar surface area (TPSA) is 51.3 Å². The number of rotatable bonds is 5. The summed E-state index contributed by atoms with van der Waals surface area (Å²) in [6.07, 6.45) is -1.66. The zero-order chi connectivity index (χ0) is 14.6. The zero-order valence-corrected chi connectivity index (χ0v) is 11.0. The molecule has 1 heterocycles. The summed E-state index contributed by atoms with van der Waals surface area (Å²) in [5.74, 6) is -0.648. The molecule has 0 spiro atoms. The van der Waals surface area contributed by atoms with Crippen LogP contribution in [0.5, 0.6) is 0 Å². The summed E-state index contributed by atoms with van der Waals surface area (Å²) in [5.41, 5.74) is 6.05. The maximum absolute atomic E-state index is 12.5. The summed E-state index contributed by atoms with van der Waals surface area (Å²) in [6.45, 7) is 0.702. The van der Waals surface area contributed by atoms with Crippen molar-refractivity contribution in [2.24, 2.45) is 7.05 Å². The maximum Gasteiger partial charge on any atom is 0.406 e. The molecular weight excluding hydrogens is 259 g/mol. The van der Waals surface area contributed by atoms with Crippen LogP contribution in [0.4, 0.5) is 18.9 Å². The first-order valence-corrected chi connectivity index (χ1v) is 6.02. The molecule has 0 bridgehead atoms. The van der Waals surface area contributed by atoms with Crippen LogP contribution >= 0.6 is 0 Å². The third-order valence-electron chi connectivity index (χ3n) is 2.68. The Bertz CT molecular complexity index is 440. The number of nitrogens with zero attached hydrogens (tertiary/aromatic N) is 2. The second kappa shape index (κ2) is 5.99. The van der Waals surface area contributed by atoms with Crippen molar-refractivity contribution in [2.75, 3.05) is 18.8 Å². The van der Waals surface area contributed by atoms with E-state index < -0.39 is 18.6 Å². The number of anilines is 1. The lowest BCUT2D eigenvalue weighted by Crippen LogP contribution is -2.40. The number of hydrogen-bond acceptors (Lipinski definition) is 2. The van der Waals surface area contributed by atoms with E-state index in [2.05, 4.69) is 0 Å². The molecule has 0 saturated carbocycles. The molecule has 108 valence electrons. The summed E-state index contributed by atoms with van der Waals surface area (Å²) in [4.78, 5) is 12.9. The smallest absolute Gasteiger partial charge is 0.397 e. The molecule has 4 nitrogen and oxygen atoms in total. The van der Waals surface area contributed by atoms with Gasteiger partial charge in [0.25, 0.3) is 5.91 Å². The number of halogens is 3. The van der Waals surface area contributed by atoms with Gasteiger partial charge in [0, 0.05) is 19.8 Å². The van der Waals surface area contributed by atoms with Crippen molar-refractivity contribution >= 4 is 11.6 Å². The van der Waals surface area contributed by atoms with Crippen LogP contribution in [-0.2, 0) is 7.05 Å². The molecule has 19 heavy (non-hydrogen) atoms. The number of nitrogens with two attached hydrogens (primary N) is 1. The fourth-order valence-electron chi connectivity index (χ4n) is 1.78. The number of aromatic nitrogens is 1. The van der Waals surface area contributed by atoms with Crippen molar-refractivity contribution in [3.63, 3.8) is 0 Å². The van der Waals surface area contributed by atoms with Crippen LogP contribution in [0.2, 0.25) is 0 Å². The Labute approximate surface area is 110 Å². The van der Waals surface area contributed by atoms with E-state index in [4.69, 9.17) is 5.73 Å². The highest BCUT2D eigenvalue weighted by Crippen LogP contribution is 2.19. The molecule has 0 unspecified atom stereocenters. The maximum atomic E-state index is 12.5. The SMILES string of the molecule is CCCCN(CC(F)(F)F)C(=O)c1cc(N)cn1C. The summed E-state index contributed by atoms with van der Waals surface area (Å²) in [7, 11) is 1.58. The van der Waals surface area contributed by atoms with E-state index >= 15 is 0 Å². The number of alkyl halides is 3. The Morgan fingerprint density at radius 2 is 2.11 bits per heavy atom. The third-order valence-corrected chi connectivity index (χ3v) is 2.68. The summed E-state index contributed by atoms with van der Waals surface area (Å²) in [5, 5.41) is 0. The van der Waals surface area contributed by atoms with Crippen LogP contribution in [0.25, 0.3) is 0 Å². The lowest BCUT2D eigenvalue weighted by Gasteiger charge is -2.24. The number of aryl methyl sites for hydroxylation is 1. The lowest BCUT2D eigenvalue weighted by molar-refractivity contribution is -0.140. The van der Waals surface area contributed by atoms with Crippen LogP contribution in [0.3, 0.4) is 0 Å². The molecule has 0 aromatic carbocycles. The third kappa shape index (κ3) is 4.50. The fourth-order valence-corrected chi connectivity index (χ4v) is 1.78. The molecule has 0 atom stereocenters. The van der Waals surface area contributed by atoms with Crippen molar-refractivity contribution in [1.29, 1.82) is 0 Å². The first kappa shape index (κ1) is 15.4. The molecule has 1 aromatic heterocycles. The van der Waals surface area contributed by atoms with Crippen LogP contribution in [0, 0.1) is 0 Å². The van der Waals surface area contributed by atoms with Crippen LogP contribution < -0.4 is 5.73 Å².